The van der Waals surface area contributed by atoms with E-state index in [4.69, 9.17) is 0 Å². The molecule has 0 spiro atoms. The summed E-state index contributed by atoms with van der Waals surface area (Å²) in [6.45, 7) is 3.68. The highest BCUT2D eigenvalue weighted by Crippen LogP contribution is 2.28. The number of halogens is 1. The van der Waals surface area contributed by atoms with E-state index in [0.717, 1.165) is 16.1 Å². The van der Waals surface area contributed by atoms with E-state index in [9.17, 15) is 14.5 Å². The molecule has 1 N–H and O–H groups in total. The highest BCUT2D eigenvalue weighted by atomic mass is 32.1. The largest absolute Gasteiger partial charge is 0.331 e. The summed E-state index contributed by atoms with van der Waals surface area (Å²) in [6, 6.07) is 4.49. The SMILES string of the molecule is Cc1ccc(F)cc1Nc1nc(C)c(CCO[N+](=O)[O-])s1. The average Bonchev–Trinajstić information content (AvgIpc) is 2.74. The Labute approximate surface area is 124 Å². The number of thiazole rings is 1. The number of aromatic nitrogens is 1. The van der Waals surface area contributed by atoms with E-state index in [0.29, 0.717) is 17.2 Å². The van der Waals surface area contributed by atoms with Crippen molar-refractivity contribution >= 4 is 22.2 Å². The van der Waals surface area contributed by atoms with Crippen molar-refractivity contribution in [2.45, 2.75) is 20.3 Å². The molecule has 0 saturated carbocycles. The summed E-state index contributed by atoms with van der Waals surface area (Å²) in [4.78, 5) is 19.6. The van der Waals surface area contributed by atoms with Crippen LogP contribution in [0, 0.1) is 29.8 Å². The summed E-state index contributed by atoms with van der Waals surface area (Å²) in [5.74, 6) is -0.323. The van der Waals surface area contributed by atoms with Crippen LogP contribution in [0.3, 0.4) is 0 Å². The molecule has 0 aliphatic heterocycles. The predicted octanol–water partition coefficient (Wildman–Crippen LogP) is 3.39. The molecular formula is C13H14FN3O3S. The number of hydrogen-bond donors (Lipinski definition) is 1. The maximum Gasteiger partial charge on any atom is 0.294 e. The number of nitrogens with one attached hydrogen (secondary N) is 1. The summed E-state index contributed by atoms with van der Waals surface area (Å²) in [7, 11) is 0. The first-order chi connectivity index (χ1) is 9.95. The molecule has 1 aromatic heterocycles. The molecule has 2 aromatic rings. The van der Waals surface area contributed by atoms with Crippen LogP contribution in [0.15, 0.2) is 18.2 Å². The Balaban J connectivity index is 2.07. The van der Waals surface area contributed by atoms with Gasteiger partial charge in [0.25, 0.3) is 5.09 Å². The summed E-state index contributed by atoms with van der Waals surface area (Å²) >= 11 is 1.37. The van der Waals surface area contributed by atoms with Crippen LogP contribution in [0.1, 0.15) is 16.1 Å². The van der Waals surface area contributed by atoms with Crippen LogP contribution >= 0.6 is 11.3 Å². The smallest absolute Gasteiger partial charge is 0.294 e. The maximum absolute atomic E-state index is 13.2. The fraction of sp³-hybridized carbons (Fsp3) is 0.308. The molecule has 8 heteroatoms. The van der Waals surface area contributed by atoms with Gasteiger partial charge in [-0.15, -0.1) is 21.5 Å². The third kappa shape index (κ3) is 4.12. The molecule has 0 aliphatic rings. The van der Waals surface area contributed by atoms with Gasteiger partial charge in [0.1, 0.15) is 12.4 Å². The van der Waals surface area contributed by atoms with E-state index in [2.05, 4.69) is 15.1 Å². The first-order valence-electron chi connectivity index (χ1n) is 6.22. The maximum atomic E-state index is 13.2. The lowest BCUT2D eigenvalue weighted by atomic mass is 10.2. The van der Waals surface area contributed by atoms with Crippen LogP contribution < -0.4 is 5.32 Å². The standard InChI is InChI=1S/C13H14FN3O3S/c1-8-3-4-10(14)7-11(8)16-13-15-9(2)12(21-13)5-6-20-17(18)19/h3-4,7H,5-6H2,1-2H3,(H,15,16). The van der Waals surface area contributed by atoms with Gasteiger partial charge in [0.15, 0.2) is 5.13 Å². The van der Waals surface area contributed by atoms with Gasteiger partial charge < -0.3 is 10.2 Å². The van der Waals surface area contributed by atoms with E-state index in [-0.39, 0.29) is 12.4 Å². The first kappa shape index (κ1) is 15.2. The Morgan fingerprint density at radius 3 is 2.95 bits per heavy atom. The van der Waals surface area contributed by atoms with Crippen molar-refractivity contribution in [1.82, 2.24) is 4.98 Å². The molecule has 2 rings (SSSR count). The molecule has 1 aromatic carbocycles. The lowest BCUT2D eigenvalue weighted by Crippen LogP contribution is -2.04. The molecule has 0 fully saturated rings. The normalized spacial score (nSPS) is 10.4. The second-order valence-corrected chi connectivity index (χ2v) is 5.50. The number of anilines is 2. The van der Waals surface area contributed by atoms with Gasteiger partial charge in [-0.1, -0.05) is 6.07 Å². The first-order valence-corrected chi connectivity index (χ1v) is 7.04. The van der Waals surface area contributed by atoms with Gasteiger partial charge in [0, 0.05) is 17.0 Å². The second kappa shape index (κ2) is 6.49. The van der Waals surface area contributed by atoms with E-state index in [1.807, 2.05) is 13.8 Å². The number of rotatable bonds is 6. The summed E-state index contributed by atoms with van der Waals surface area (Å²) in [5, 5.41) is 13.0. The van der Waals surface area contributed by atoms with E-state index in [1.54, 1.807) is 6.07 Å². The summed E-state index contributed by atoms with van der Waals surface area (Å²) in [5.41, 5.74) is 2.34. The molecule has 0 unspecified atom stereocenters. The molecule has 1 heterocycles. The van der Waals surface area contributed by atoms with Gasteiger partial charge in [-0.25, -0.2) is 9.37 Å². The van der Waals surface area contributed by atoms with Crippen molar-refractivity contribution in [1.29, 1.82) is 0 Å². The minimum absolute atomic E-state index is 0.00549. The zero-order chi connectivity index (χ0) is 15.4. The van der Waals surface area contributed by atoms with E-state index < -0.39 is 5.09 Å². The second-order valence-electron chi connectivity index (χ2n) is 4.42. The Hall–Kier alpha value is -2.22. The molecule has 0 saturated heterocycles. The number of nitrogens with zero attached hydrogens (tertiary/aromatic N) is 2. The summed E-state index contributed by atoms with van der Waals surface area (Å²) < 4.78 is 13.2. The van der Waals surface area contributed by atoms with Gasteiger partial charge in [0.05, 0.1) is 5.69 Å². The van der Waals surface area contributed by atoms with Crippen molar-refractivity contribution in [2.75, 3.05) is 11.9 Å². The van der Waals surface area contributed by atoms with Crippen LogP contribution in [0.5, 0.6) is 0 Å². The number of benzene rings is 1. The van der Waals surface area contributed by atoms with Gasteiger partial charge in [-0.2, -0.15) is 0 Å². The molecule has 0 bridgehead atoms. The quantitative estimate of drug-likeness (QED) is 0.653. The molecule has 0 radical (unpaired) electrons. The van der Waals surface area contributed by atoms with Crippen molar-refractivity contribution < 1.29 is 14.3 Å². The van der Waals surface area contributed by atoms with Crippen molar-refractivity contribution in [3.63, 3.8) is 0 Å². The highest BCUT2D eigenvalue weighted by Gasteiger charge is 2.10. The van der Waals surface area contributed by atoms with E-state index in [1.165, 1.54) is 23.5 Å². The average molecular weight is 311 g/mol. The molecule has 112 valence electrons. The van der Waals surface area contributed by atoms with Crippen molar-refractivity contribution in [2.24, 2.45) is 0 Å². The van der Waals surface area contributed by atoms with Crippen LogP contribution in [-0.4, -0.2) is 16.7 Å². The fourth-order valence-electron chi connectivity index (χ4n) is 1.77. The van der Waals surface area contributed by atoms with Crippen LogP contribution in [0.25, 0.3) is 0 Å². The molecule has 0 atom stereocenters. The van der Waals surface area contributed by atoms with Crippen LogP contribution in [0.2, 0.25) is 0 Å². The molecule has 21 heavy (non-hydrogen) atoms. The summed E-state index contributed by atoms with van der Waals surface area (Å²) in [6.07, 6.45) is 0.411. The minimum Gasteiger partial charge on any atom is -0.331 e. The Bertz CT molecular complexity index is 660. The van der Waals surface area contributed by atoms with Gasteiger partial charge in [-0.3, -0.25) is 0 Å². The molecule has 0 amide bonds. The predicted molar refractivity (Wildman–Crippen MR) is 77.9 cm³/mol. The van der Waals surface area contributed by atoms with Crippen LogP contribution in [0.4, 0.5) is 15.2 Å². The molecule has 0 aliphatic carbocycles. The number of hydrogen-bond acceptors (Lipinski definition) is 6. The third-order valence-corrected chi connectivity index (χ3v) is 3.99. The lowest BCUT2D eigenvalue weighted by Gasteiger charge is -2.06. The lowest BCUT2D eigenvalue weighted by molar-refractivity contribution is -0.757. The van der Waals surface area contributed by atoms with Crippen molar-refractivity contribution in [3.05, 3.63) is 50.3 Å². The fourth-order valence-corrected chi connectivity index (χ4v) is 2.73. The molecule has 6 nitrogen and oxygen atoms in total. The van der Waals surface area contributed by atoms with E-state index >= 15 is 0 Å². The van der Waals surface area contributed by atoms with Crippen molar-refractivity contribution in [3.8, 4) is 0 Å². The van der Waals surface area contributed by atoms with Crippen LogP contribution in [-0.2, 0) is 11.3 Å². The Kier molecular flexibility index (Phi) is 4.69. The van der Waals surface area contributed by atoms with Gasteiger partial charge in [0.2, 0.25) is 0 Å². The topological polar surface area (TPSA) is 77.3 Å². The minimum atomic E-state index is -0.814. The molecular weight excluding hydrogens is 297 g/mol. The van der Waals surface area contributed by atoms with Gasteiger partial charge in [-0.05, 0) is 31.5 Å². The number of aryl methyl sites for hydroxylation is 2. The zero-order valence-electron chi connectivity index (χ0n) is 11.6. The monoisotopic (exact) mass is 311 g/mol. The van der Waals surface area contributed by atoms with Gasteiger partial charge >= 0.3 is 0 Å². The zero-order valence-corrected chi connectivity index (χ0v) is 12.4. The Morgan fingerprint density at radius 1 is 1.48 bits per heavy atom. The highest BCUT2D eigenvalue weighted by molar-refractivity contribution is 7.15. The Morgan fingerprint density at radius 2 is 2.24 bits per heavy atom. The third-order valence-electron chi connectivity index (χ3n) is 2.86.